The van der Waals surface area contributed by atoms with Crippen LogP contribution in [-0.2, 0) is 4.74 Å². The number of aromatic amines is 1. The van der Waals surface area contributed by atoms with E-state index in [0.29, 0.717) is 19.0 Å². The fourth-order valence-electron chi connectivity index (χ4n) is 1.25. The second-order valence-corrected chi connectivity index (χ2v) is 2.74. The second kappa shape index (κ2) is 3.53. The van der Waals surface area contributed by atoms with Crippen molar-refractivity contribution in [3.05, 3.63) is 16.7 Å². The molecule has 6 heteroatoms. The molecule has 2 heterocycles. The summed E-state index contributed by atoms with van der Waals surface area (Å²) in [5, 5.41) is 5.91. The number of H-pyrrole nitrogens is 1. The van der Waals surface area contributed by atoms with Gasteiger partial charge in [-0.05, 0) is 0 Å². The van der Waals surface area contributed by atoms with Gasteiger partial charge in [-0.25, -0.2) is 9.89 Å². The van der Waals surface area contributed by atoms with Gasteiger partial charge in [0, 0.05) is 13.1 Å². The van der Waals surface area contributed by atoms with Crippen LogP contribution in [0.15, 0.2) is 11.0 Å². The van der Waals surface area contributed by atoms with Crippen LogP contribution in [0, 0.1) is 0 Å². The highest BCUT2D eigenvalue weighted by Gasteiger charge is 2.12. The third-order valence-corrected chi connectivity index (χ3v) is 1.89. The van der Waals surface area contributed by atoms with E-state index >= 15 is 0 Å². The first-order chi connectivity index (χ1) is 6.36. The number of hydrogen-bond acceptors (Lipinski definition) is 5. The number of nitrogens with one attached hydrogen (secondary N) is 1. The van der Waals surface area contributed by atoms with Crippen molar-refractivity contribution >= 4 is 5.82 Å². The third-order valence-electron chi connectivity index (χ3n) is 1.89. The number of hydrogen-bond donors (Lipinski definition) is 1. The van der Waals surface area contributed by atoms with Gasteiger partial charge in [-0.1, -0.05) is 0 Å². The number of anilines is 1. The Morgan fingerprint density at radius 2 is 2.23 bits per heavy atom. The molecular weight excluding hydrogens is 172 g/mol. The van der Waals surface area contributed by atoms with Gasteiger partial charge in [-0.2, -0.15) is 10.1 Å². The molecule has 0 aromatic carbocycles. The van der Waals surface area contributed by atoms with Crippen molar-refractivity contribution in [2.24, 2.45) is 0 Å². The van der Waals surface area contributed by atoms with Crippen molar-refractivity contribution in [2.45, 2.75) is 0 Å². The van der Waals surface area contributed by atoms with E-state index in [4.69, 9.17) is 4.74 Å². The average Bonchev–Trinajstić information content (AvgIpc) is 2.19. The Morgan fingerprint density at radius 1 is 1.46 bits per heavy atom. The first kappa shape index (κ1) is 8.18. The van der Waals surface area contributed by atoms with Crippen LogP contribution >= 0.6 is 0 Å². The largest absolute Gasteiger partial charge is 0.378 e. The van der Waals surface area contributed by atoms with Crippen LogP contribution in [0.1, 0.15) is 0 Å². The number of morpholine rings is 1. The fourth-order valence-corrected chi connectivity index (χ4v) is 1.25. The summed E-state index contributed by atoms with van der Waals surface area (Å²) in [7, 11) is 0. The van der Waals surface area contributed by atoms with E-state index in [-0.39, 0.29) is 0 Å². The van der Waals surface area contributed by atoms with Crippen LogP contribution in [0.25, 0.3) is 0 Å². The van der Waals surface area contributed by atoms with E-state index in [1.165, 1.54) is 0 Å². The lowest BCUT2D eigenvalue weighted by Gasteiger charge is -2.26. The predicted molar refractivity (Wildman–Crippen MR) is 45.7 cm³/mol. The maximum absolute atomic E-state index is 10.8. The van der Waals surface area contributed by atoms with Gasteiger partial charge in [0.15, 0.2) is 5.82 Å². The van der Waals surface area contributed by atoms with Crippen LogP contribution in [0.5, 0.6) is 0 Å². The lowest BCUT2D eigenvalue weighted by molar-refractivity contribution is 0.122. The molecule has 0 saturated carbocycles. The summed E-state index contributed by atoms with van der Waals surface area (Å²) in [6.07, 6.45) is 1.55. The quantitative estimate of drug-likeness (QED) is 0.603. The summed E-state index contributed by atoms with van der Waals surface area (Å²) in [6, 6.07) is 0. The zero-order valence-corrected chi connectivity index (χ0v) is 7.06. The molecule has 0 radical (unpaired) electrons. The maximum Gasteiger partial charge on any atom is 0.363 e. The Kier molecular flexibility index (Phi) is 2.22. The van der Waals surface area contributed by atoms with Crippen molar-refractivity contribution < 1.29 is 4.74 Å². The highest BCUT2D eigenvalue weighted by atomic mass is 16.5. The number of rotatable bonds is 1. The number of aromatic nitrogens is 3. The molecule has 2 rings (SSSR count). The van der Waals surface area contributed by atoms with Crippen LogP contribution < -0.4 is 10.6 Å². The molecule has 1 aromatic rings. The Morgan fingerprint density at radius 3 is 2.92 bits per heavy atom. The highest BCUT2D eigenvalue weighted by molar-refractivity contribution is 5.34. The molecule has 0 spiro atoms. The van der Waals surface area contributed by atoms with Gasteiger partial charge in [0.05, 0.1) is 19.4 Å². The van der Waals surface area contributed by atoms with E-state index in [2.05, 4.69) is 15.2 Å². The molecule has 0 atom stereocenters. The smallest absolute Gasteiger partial charge is 0.363 e. The summed E-state index contributed by atoms with van der Waals surface area (Å²) in [4.78, 5) is 16.6. The maximum atomic E-state index is 10.8. The van der Waals surface area contributed by atoms with Crippen molar-refractivity contribution in [3.8, 4) is 0 Å². The van der Waals surface area contributed by atoms with Gasteiger partial charge in [-0.15, -0.1) is 0 Å². The summed E-state index contributed by atoms with van der Waals surface area (Å²) >= 11 is 0. The summed E-state index contributed by atoms with van der Waals surface area (Å²) in [5.74, 6) is 0.618. The first-order valence-electron chi connectivity index (χ1n) is 4.11. The normalized spacial score (nSPS) is 17.4. The van der Waals surface area contributed by atoms with Crippen molar-refractivity contribution in [2.75, 3.05) is 31.2 Å². The SMILES string of the molecule is O=c1nc(N2CCOCC2)cn[nH]1. The van der Waals surface area contributed by atoms with Gasteiger partial charge in [0.25, 0.3) is 0 Å². The molecule has 1 aliphatic heterocycles. The standard InChI is InChI=1S/C7H10N4O2/c12-7-9-6(5-8-10-7)11-1-3-13-4-2-11/h5H,1-4H2,(H,9,10,12). The molecule has 1 N–H and O–H groups in total. The number of ether oxygens (including phenoxy) is 1. The highest BCUT2D eigenvalue weighted by Crippen LogP contribution is 2.07. The molecule has 13 heavy (non-hydrogen) atoms. The van der Waals surface area contributed by atoms with Crippen molar-refractivity contribution in [3.63, 3.8) is 0 Å². The molecule has 0 unspecified atom stereocenters. The van der Waals surface area contributed by atoms with E-state index in [1.54, 1.807) is 6.20 Å². The average molecular weight is 182 g/mol. The summed E-state index contributed by atoms with van der Waals surface area (Å²) < 4.78 is 5.18. The van der Waals surface area contributed by atoms with Crippen molar-refractivity contribution in [1.29, 1.82) is 0 Å². The van der Waals surface area contributed by atoms with Gasteiger partial charge >= 0.3 is 5.69 Å². The topological polar surface area (TPSA) is 71.1 Å². The van der Waals surface area contributed by atoms with Crippen LogP contribution in [-0.4, -0.2) is 41.5 Å². The lowest BCUT2D eigenvalue weighted by Crippen LogP contribution is -2.37. The minimum Gasteiger partial charge on any atom is -0.378 e. The molecule has 1 aliphatic rings. The van der Waals surface area contributed by atoms with Gasteiger partial charge in [0.2, 0.25) is 0 Å². The zero-order valence-electron chi connectivity index (χ0n) is 7.06. The molecule has 1 fully saturated rings. The van der Waals surface area contributed by atoms with Crippen LogP contribution in [0.2, 0.25) is 0 Å². The molecule has 0 bridgehead atoms. The van der Waals surface area contributed by atoms with Crippen molar-refractivity contribution in [1.82, 2.24) is 15.2 Å². The lowest BCUT2D eigenvalue weighted by atomic mass is 10.4. The predicted octanol–water partition coefficient (Wildman–Crippen LogP) is -0.998. The third kappa shape index (κ3) is 1.83. The molecule has 70 valence electrons. The van der Waals surface area contributed by atoms with E-state index in [0.717, 1.165) is 13.1 Å². The van der Waals surface area contributed by atoms with Crippen LogP contribution in [0.3, 0.4) is 0 Å². The Balaban J connectivity index is 2.19. The molecule has 1 saturated heterocycles. The molecular formula is C7H10N4O2. The fraction of sp³-hybridized carbons (Fsp3) is 0.571. The minimum atomic E-state index is -0.413. The van der Waals surface area contributed by atoms with Gasteiger partial charge in [0.1, 0.15) is 0 Å². The van der Waals surface area contributed by atoms with Gasteiger partial charge < -0.3 is 9.64 Å². The Bertz CT molecular complexity index is 331. The van der Waals surface area contributed by atoms with E-state index < -0.39 is 5.69 Å². The molecule has 1 aromatic heterocycles. The molecule has 6 nitrogen and oxygen atoms in total. The first-order valence-corrected chi connectivity index (χ1v) is 4.11. The molecule has 0 aliphatic carbocycles. The monoisotopic (exact) mass is 182 g/mol. The van der Waals surface area contributed by atoms with Gasteiger partial charge in [-0.3, -0.25) is 0 Å². The summed E-state index contributed by atoms with van der Waals surface area (Å²) in [6.45, 7) is 2.87. The zero-order chi connectivity index (χ0) is 9.10. The van der Waals surface area contributed by atoms with E-state index in [1.807, 2.05) is 4.90 Å². The second-order valence-electron chi connectivity index (χ2n) is 2.74. The Labute approximate surface area is 74.5 Å². The number of nitrogens with zero attached hydrogens (tertiary/aromatic N) is 3. The van der Waals surface area contributed by atoms with E-state index in [9.17, 15) is 4.79 Å². The molecule has 0 amide bonds. The summed E-state index contributed by atoms with van der Waals surface area (Å²) in [5.41, 5.74) is -0.413. The Hall–Kier alpha value is -1.43. The van der Waals surface area contributed by atoms with Crippen LogP contribution in [0.4, 0.5) is 5.82 Å². The minimum absolute atomic E-state index is 0.413.